The number of thioether (sulfide) groups is 1. The van der Waals surface area contributed by atoms with Gasteiger partial charge in [0.2, 0.25) is 21.1 Å². The summed E-state index contributed by atoms with van der Waals surface area (Å²) in [4.78, 5) is 21.0. The summed E-state index contributed by atoms with van der Waals surface area (Å²) < 4.78 is 24.2. The SMILES string of the molecule is Cc1cc(C)n2nc(SC(C)C(=O)Nc3ccc(S(N)(=O)=O)cc3)nc2n1. The van der Waals surface area contributed by atoms with Crippen LogP contribution in [0.4, 0.5) is 5.69 Å². The average Bonchev–Trinajstić information content (AvgIpc) is 2.97. The van der Waals surface area contributed by atoms with Crippen LogP contribution in [0.15, 0.2) is 40.4 Å². The maximum absolute atomic E-state index is 12.4. The minimum Gasteiger partial charge on any atom is -0.325 e. The summed E-state index contributed by atoms with van der Waals surface area (Å²) in [6.45, 7) is 5.52. The van der Waals surface area contributed by atoms with E-state index in [9.17, 15) is 13.2 Å². The van der Waals surface area contributed by atoms with Gasteiger partial charge in [0.25, 0.3) is 5.78 Å². The lowest BCUT2D eigenvalue weighted by Crippen LogP contribution is -2.22. The molecular formula is C16H18N6O3S2. The van der Waals surface area contributed by atoms with E-state index < -0.39 is 15.3 Å². The standard InChI is InChI=1S/C16H18N6O3S2/c1-9-8-10(2)22-15(18-9)20-16(21-22)26-11(3)14(23)19-12-4-6-13(7-5-12)27(17,24)25/h4-8,11H,1-3H3,(H,19,23)(H2,17,24,25). The number of primary sulfonamides is 1. The molecule has 0 saturated carbocycles. The molecule has 2 aromatic heterocycles. The minimum absolute atomic E-state index is 0.0185. The van der Waals surface area contributed by atoms with Gasteiger partial charge in [0.05, 0.1) is 10.1 Å². The van der Waals surface area contributed by atoms with Crippen molar-refractivity contribution in [2.24, 2.45) is 5.14 Å². The minimum atomic E-state index is -3.77. The van der Waals surface area contributed by atoms with Crippen LogP contribution in [0.2, 0.25) is 0 Å². The number of nitrogens with zero attached hydrogens (tertiary/aromatic N) is 4. The molecule has 3 N–H and O–H groups in total. The number of anilines is 1. The highest BCUT2D eigenvalue weighted by molar-refractivity contribution is 8.00. The first-order valence-electron chi connectivity index (χ1n) is 7.95. The van der Waals surface area contributed by atoms with Crippen LogP contribution in [0.3, 0.4) is 0 Å². The number of carbonyl (C=O) groups excluding carboxylic acids is 1. The smallest absolute Gasteiger partial charge is 0.253 e. The molecule has 0 bridgehead atoms. The van der Waals surface area contributed by atoms with Gasteiger partial charge < -0.3 is 5.32 Å². The van der Waals surface area contributed by atoms with Crippen LogP contribution in [0.5, 0.6) is 0 Å². The molecule has 0 fully saturated rings. The first-order chi connectivity index (χ1) is 12.6. The first kappa shape index (κ1) is 19.3. The zero-order valence-electron chi connectivity index (χ0n) is 14.9. The van der Waals surface area contributed by atoms with Gasteiger partial charge in [-0.2, -0.15) is 4.98 Å². The van der Waals surface area contributed by atoms with Crippen molar-refractivity contribution in [1.82, 2.24) is 19.6 Å². The van der Waals surface area contributed by atoms with Gasteiger partial charge in [-0.05, 0) is 51.1 Å². The molecule has 0 spiro atoms. The molecule has 11 heteroatoms. The Bertz CT molecular complexity index is 1110. The predicted molar refractivity (Wildman–Crippen MR) is 102 cm³/mol. The van der Waals surface area contributed by atoms with Gasteiger partial charge in [-0.15, -0.1) is 5.10 Å². The number of amides is 1. The van der Waals surface area contributed by atoms with Crippen molar-refractivity contribution in [3.8, 4) is 0 Å². The maximum atomic E-state index is 12.4. The van der Waals surface area contributed by atoms with E-state index in [2.05, 4.69) is 20.4 Å². The molecule has 0 aliphatic rings. The van der Waals surface area contributed by atoms with Crippen LogP contribution < -0.4 is 10.5 Å². The van der Waals surface area contributed by atoms with Crippen molar-refractivity contribution in [3.05, 3.63) is 41.7 Å². The van der Waals surface area contributed by atoms with E-state index in [1.165, 1.54) is 36.0 Å². The Kier molecular flexibility index (Phi) is 5.18. The van der Waals surface area contributed by atoms with E-state index in [4.69, 9.17) is 5.14 Å². The molecule has 0 radical (unpaired) electrons. The second kappa shape index (κ2) is 7.25. The summed E-state index contributed by atoms with van der Waals surface area (Å²) in [5.74, 6) is 0.226. The monoisotopic (exact) mass is 406 g/mol. The Labute approximate surface area is 160 Å². The molecule has 9 nitrogen and oxygen atoms in total. The van der Waals surface area contributed by atoms with Crippen LogP contribution in [0.25, 0.3) is 5.78 Å². The van der Waals surface area contributed by atoms with Gasteiger partial charge in [0.1, 0.15) is 0 Å². The Balaban J connectivity index is 1.70. The number of aryl methyl sites for hydroxylation is 2. The summed E-state index contributed by atoms with van der Waals surface area (Å²) in [5.41, 5.74) is 2.22. The van der Waals surface area contributed by atoms with Crippen molar-refractivity contribution in [1.29, 1.82) is 0 Å². The topological polar surface area (TPSA) is 132 Å². The molecule has 142 valence electrons. The number of aromatic nitrogens is 4. The Morgan fingerprint density at radius 3 is 2.52 bits per heavy atom. The molecule has 2 heterocycles. The Morgan fingerprint density at radius 1 is 1.22 bits per heavy atom. The van der Waals surface area contributed by atoms with Crippen molar-refractivity contribution in [3.63, 3.8) is 0 Å². The lowest BCUT2D eigenvalue weighted by Gasteiger charge is -2.10. The highest BCUT2D eigenvalue weighted by Gasteiger charge is 2.18. The Morgan fingerprint density at radius 2 is 1.89 bits per heavy atom. The zero-order chi connectivity index (χ0) is 19.8. The molecule has 27 heavy (non-hydrogen) atoms. The third-order valence-corrected chi connectivity index (χ3v) is 5.58. The number of hydrogen-bond donors (Lipinski definition) is 2. The fourth-order valence-electron chi connectivity index (χ4n) is 2.38. The third-order valence-electron chi connectivity index (χ3n) is 3.70. The second-order valence-electron chi connectivity index (χ2n) is 5.96. The van der Waals surface area contributed by atoms with Crippen LogP contribution in [-0.2, 0) is 14.8 Å². The molecule has 3 aromatic rings. The van der Waals surface area contributed by atoms with Crippen molar-refractivity contribution in [2.75, 3.05) is 5.32 Å². The molecule has 0 saturated heterocycles. The fourth-order valence-corrected chi connectivity index (χ4v) is 3.64. The number of sulfonamides is 1. The molecule has 1 amide bonds. The number of benzene rings is 1. The van der Waals surface area contributed by atoms with Crippen LogP contribution in [-0.4, -0.2) is 39.2 Å². The van der Waals surface area contributed by atoms with Gasteiger partial charge in [0.15, 0.2) is 0 Å². The molecule has 3 rings (SSSR count). The number of carbonyl (C=O) groups is 1. The summed E-state index contributed by atoms with van der Waals surface area (Å²) >= 11 is 1.21. The highest BCUT2D eigenvalue weighted by atomic mass is 32.2. The van der Waals surface area contributed by atoms with E-state index in [1.54, 1.807) is 11.4 Å². The van der Waals surface area contributed by atoms with E-state index in [0.717, 1.165) is 11.4 Å². The summed E-state index contributed by atoms with van der Waals surface area (Å²) in [6, 6.07) is 7.53. The number of rotatable bonds is 5. The van der Waals surface area contributed by atoms with Gasteiger partial charge in [-0.1, -0.05) is 11.8 Å². The molecule has 1 atom stereocenters. The third kappa shape index (κ3) is 4.43. The lowest BCUT2D eigenvalue weighted by atomic mass is 10.3. The van der Waals surface area contributed by atoms with Crippen molar-refractivity contribution in [2.45, 2.75) is 36.1 Å². The molecular weight excluding hydrogens is 388 g/mol. The van der Waals surface area contributed by atoms with Crippen molar-refractivity contribution < 1.29 is 13.2 Å². The predicted octanol–water partition coefficient (Wildman–Crippen LogP) is 1.51. The number of nitrogens with two attached hydrogens (primary N) is 1. The van der Waals surface area contributed by atoms with E-state index in [-0.39, 0.29) is 10.8 Å². The van der Waals surface area contributed by atoms with Crippen molar-refractivity contribution >= 4 is 39.2 Å². The molecule has 1 aromatic carbocycles. The van der Waals surface area contributed by atoms with E-state index >= 15 is 0 Å². The van der Waals surface area contributed by atoms with Gasteiger partial charge in [-0.3, -0.25) is 4.79 Å². The summed E-state index contributed by atoms with van der Waals surface area (Å²) in [7, 11) is -3.77. The largest absolute Gasteiger partial charge is 0.325 e. The zero-order valence-corrected chi connectivity index (χ0v) is 16.5. The van der Waals surface area contributed by atoms with Gasteiger partial charge in [0, 0.05) is 17.1 Å². The van der Waals surface area contributed by atoms with Crippen LogP contribution in [0.1, 0.15) is 18.3 Å². The maximum Gasteiger partial charge on any atom is 0.253 e. The summed E-state index contributed by atoms with van der Waals surface area (Å²) in [6.07, 6.45) is 0. The summed E-state index contributed by atoms with van der Waals surface area (Å²) in [5, 5.41) is 12.1. The number of fused-ring (bicyclic) bond motifs is 1. The number of hydrogen-bond acceptors (Lipinski definition) is 7. The van der Waals surface area contributed by atoms with E-state index in [1.807, 2.05) is 19.9 Å². The average molecular weight is 406 g/mol. The molecule has 0 aliphatic heterocycles. The fraction of sp³-hybridized carbons (Fsp3) is 0.250. The lowest BCUT2D eigenvalue weighted by molar-refractivity contribution is -0.115. The Hall–Kier alpha value is -2.50. The van der Waals surface area contributed by atoms with E-state index in [0.29, 0.717) is 16.6 Å². The second-order valence-corrected chi connectivity index (χ2v) is 8.83. The molecule has 1 unspecified atom stereocenters. The van der Waals surface area contributed by atoms with Crippen LogP contribution in [0, 0.1) is 13.8 Å². The first-order valence-corrected chi connectivity index (χ1v) is 10.4. The quantitative estimate of drug-likeness (QED) is 0.614. The van der Waals surface area contributed by atoms with Crippen LogP contribution >= 0.6 is 11.8 Å². The normalized spacial score (nSPS) is 12.9. The van der Waals surface area contributed by atoms with Gasteiger partial charge in [-0.25, -0.2) is 23.1 Å². The number of nitrogens with one attached hydrogen (secondary N) is 1. The van der Waals surface area contributed by atoms with Gasteiger partial charge >= 0.3 is 0 Å². The molecule has 0 aliphatic carbocycles. The highest BCUT2D eigenvalue weighted by Crippen LogP contribution is 2.22.